The van der Waals surface area contributed by atoms with Crippen molar-refractivity contribution in [2.24, 2.45) is 5.92 Å². The highest BCUT2D eigenvalue weighted by atomic mass is 15.2. The van der Waals surface area contributed by atoms with Gasteiger partial charge >= 0.3 is 0 Å². The van der Waals surface area contributed by atoms with Crippen molar-refractivity contribution >= 4 is 0 Å². The van der Waals surface area contributed by atoms with Crippen molar-refractivity contribution in [2.45, 2.75) is 58.7 Å². The van der Waals surface area contributed by atoms with Gasteiger partial charge in [0.25, 0.3) is 5.82 Å². The smallest absolute Gasteiger partial charge is 0.197 e. The maximum Gasteiger partial charge on any atom is 0.264 e. The number of fused-ring (bicyclic) bond motifs is 3. The first-order chi connectivity index (χ1) is 14.3. The highest BCUT2D eigenvalue weighted by Crippen LogP contribution is 2.51. The summed E-state index contributed by atoms with van der Waals surface area (Å²) >= 11 is 0. The lowest BCUT2D eigenvalue weighted by molar-refractivity contribution is -0.606. The molecule has 2 heteroatoms. The first-order valence-electron chi connectivity index (χ1n) is 11.6. The van der Waals surface area contributed by atoms with Crippen LogP contribution >= 0.6 is 0 Å². The molecule has 27 heavy (non-hydrogen) atoms. The molecule has 1 atom stereocenters. The zero-order valence-electron chi connectivity index (χ0n) is 19.4. The van der Waals surface area contributed by atoms with Crippen LogP contribution in [0.1, 0.15) is 65.1 Å². The molecule has 0 amide bonds. The normalized spacial score (nSPS) is 23.6. The van der Waals surface area contributed by atoms with Gasteiger partial charge in [-0.1, -0.05) is 49.2 Å². The number of hydrogen-bond acceptors (Lipinski definition) is 0. The van der Waals surface area contributed by atoms with Gasteiger partial charge < -0.3 is 0 Å². The molecular formula is C25H29N2+. The second kappa shape index (κ2) is 5.82. The van der Waals surface area contributed by atoms with Gasteiger partial charge in [0.15, 0.2) is 5.69 Å². The largest absolute Gasteiger partial charge is 0.264 e. The Morgan fingerprint density at radius 2 is 1.74 bits per heavy atom. The summed E-state index contributed by atoms with van der Waals surface area (Å²) in [6.07, 6.45) is 4.91. The fourth-order valence-corrected chi connectivity index (χ4v) is 5.74. The molecule has 2 nitrogen and oxygen atoms in total. The molecule has 5 rings (SSSR count). The van der Waals surface area contributed by atoms with Crippen molar-refractivity contribution < 1.29 is 8.68 Å². The van der Waals surface area contributed by atoms with Crippen molar-refractivity contribution in [2.75, 3.05) is 0 Å². The molecule has 0 spiro atoms. The minimum absolute atomic E-state index is 0.175. The van der Waals surface area contributed by atoms with Crippen LogP contribution < -0.4 is 4.57 Å². The van der Waals surface area contributed by atoms with E-state index in [1.807, 2.05) is 28.8 Å². The molecule has 0 radical (unpaired) electrons. The topological polar surface area (TPSA) is 8.81 Å². The molecule has 0 bridgehead atoms. The lowest BCUT2D eigenvalue weighted by atomic mass is 9.69. The van der Waals surface area contributed by atoms with Crippen molar-refractivity contribution in [3.63, 3.8) is 0 Å². The Balaban J connectivity index is 1.92. The predicted molar refractivity (Wildman–Crippen MR) is 110 cm³/mol. The monoisotopic (exact) mass is 360 g/mol. The van der Waals surface area contributed by atoms with Gasteiger partial charge in [-0.05, 0) is 50.3 Å². The molecule has 1 aromatic heterocycles. The number of imidazole rings is 1. The minimum Gasteiger partial charge on any atom is -0.197 e. The third-order valence-electron chi connectivity index (χ3n) is 7.05. The zero-order chi connectivity index (χ0) is 21.3. The average Bonchev–Trinajstić information content (AvgIpc) is 3.39. The van der Waals surface area contributed by atoms with Crippen molar-refractivity contribution in [3.8, 4) is 11.4 Å². The number of hydrogen-bond donors (Lipinski definition) is 0. The summed E-state index contributed by atoms with van der Waals surface area (Å²) in [5.41, 5.74) is 6.36. The average molecular weight is 361 g/mol. The van der Waals surface area contributed by atoms with Crippen LogP contribution in [-0.4, -0.2) is 4.57 Å². The summed E-state index contributed by atoms with van der Waals surface area (Å²) in [6, 6.07) is 16.5. The summed E-state index contributed by atoms with van der Waals surface area (Å²) in [5, 5.41) is 0. The van der Waals surface area contributed by atoms with Crippen LogP contribution in [0.3, 0.4) is 0 Å². The number of benzene rings is 2. The van der Waals surface area contributed by atoms with Crippen LogP contribution in [0.2, 0.25) is 0 Å². The van der Waals surface area contributed by atoms with E-state index in [-0.39, 0.29) is 5.41 Å². The molecular weight excluding hydrogens is 328 g/mol. The maximum absolute atomic E-state index is 8.49. The Morgan fingerprint density at radius 1 is 1.04 bits per heavy atom. The van der Waals surface area contributed by atoms with Gasteiger partial charge in [0.05, 0.1) is 5.41 Å². The van der Waals surface area contributed by atoms with Gasteiger partial charge in [0, 0.05) is 23.5 Å². The summed E-state index contributed by atoms with van der Waals surface area (Å²) in [7, 11) is 0. The second-order valence-corrected chi connectivity index (χ2v) is 8.42. The summed E-state index contributed by atoms with van der Waals surface area (Å²) < 4.78 is 29.5. The van der Waals surface area contributed by atoms with Crippen molar-refractivity contribution in [3.05, 3.63) is 76.9 Å². The molecule has 1 fully saturated rings. The molecule has 1 unspecified atom stereocenters. The van der Waals surface area contributed by atoms with E-state index in [2.05, 4.69) is 49.6 Å². The quantitative estimate of drug-likeness (QED) is 0.534. The molecule has 0 saturated heterocycles. The summed E-state index contributed by atoms with van der Waals surface area (Å²) in [6.45, 7) is 4.27. The van der Waals surface area contributed by atoms with Crippen LogP contribution in [0, 0.1) is 26.6 Å². The molecule has 0 N–H and O–H groups in total. The minimum atomic E-state index is -2.24. The van der Waals surface area contributed by atoms with E-state index < -0.39 is 6.85 Å². The molecule has 138 valence electrons. The fraction of sp³-hybridized carbons (Fsp3) is 0.400. The van der Waals surface area contributed by atoms with Crippen LogP contribution in [0.15, 0.2) is 48.5 Å². The Morgan fingerprint density at radius 3 is 2.48 bits per heavy atom. The fourth-order valence-electron chi connectivity index (χ4n) is 5.74. The van der Waals surface area contributed by atoms with E-state index >= 15 is 0 Å². The highest BCUT2D eigenvalue weighted by Gasteiger charge is 2.53. The molecule has 2 aromatic carbocycles. The van der Waals surface area contributed by atoms with Gasteiger partial charge in [0.1, 0.15) is 17.1 Å². The molecule has 1 aliphatic heterocycles. The van der Waals surface area contributed by atoms with Gasteiger partial charge in [-0.25, -0.2) is 0 Å². The number of aromatic nitrogens is 2. The van der Waals surface area contributed by atoms with Gasteiger partial charge in [-0.15, -0.1) is 0 Å². The van der Waals surface area contributed by atoms with E-state index in [4.69, 9.17) is 4.11 Å². The standard InChI is InChI=1S/C25H29N2/c1-17-11-5-9-15-22(17)26-18(2)24-25(4,20-12-6-7-13-20)21-14-8-10-16-23(21)27(24)19(26)3/h5,8-11,14-16,20H,6-7,12-13H2,1-4H3/q+1/i3D3. The predicted octanol–water partition coefficient (Wildman–Crippen LogP) is 5.49. The molecule has 1 saturated carbocycles. The number of nitrogens with zero attached hydrogens (tertiary/aromatic N) is 2. The molecule has 1 aliphatic carbocycles. The third-order valence-corrected chi connectivity index (χ3v) is 7.05. The van der Waals surface area contributed by atoms with E-state index in [0.29, 0.717) is 11.7 Å². The van der Waals surface area contributed by atoms with Crippen LogP contribution in [-0.2, 0) is 5.41 Å². The first kappa shape index (κ1) is 13.8. The third kappa shape index (κ3) is 2.10. The van der Waals surface area contributed by atoms with Gasteiger partial charge in [0.2, 0.25) is 0 Å². The van der Waals surface area contributed by atoms with E-state index in [9.17, 15) is 0 Å². The second-order valence-electron chi connectivity index (χ2n) is 8.42. The number of para-hydroxylation sites is 2. The number of aryl methyl sites for hydroxylation is 1. The first-order valence-corrected chi connectivity index (χ1v) is 10.1. The summed E-state index contributed by atoms with van der Waals surface area (Å²) in [5.74, 6) is 0.918. The van der Waals surface area contributed by atoms with Gasteiger partial charge in [-0.2, -0.15) is 9.13 Å². The van der Waals surface area contributed by atoms with E-state index in [1.54, 1.807) is 0 Å². The molecule has 2 heterocycles. The number of rotatable bonds is 2. The Labute approximate surface area is 166 Å². The summed E-state index contributed by atoms with van der Waals surface area (Å²) in [4.78, 5) is 0. The Kier molecular flexibility index (Phi) is 2.97. The maximum atomic E-state index is 8.49. The lowest BCUT2D eigenvalue weighted by Gasteiger charge is -2.30. The van der Waals surface area contributed by atoms with Crippen molar-refractivity contribution in [1.29, 1.82) is 0 Å². The van der Waals surface area contributed by atoms with Crippen molar-refractivity contribution in [1.82, 2.24) is 4.57 Å². The van der Waals surface area contributed by atoms with E-state index in [0.717, 1.165) is 28.3 Å². The van der Waals surface area contributed by atoms with Gasteiger partial charge in [-0.3, -0.25) is 0 Å². The Hall–Kier alpha value is -2.35. The van der Waals surface area contributed by atoms with Crippen LogP contribution in [0.5, 0.6) is 0 Å². The van der Waals surface area contributed by atoms with Crippen LogP contribution in [0.25, 0.3) is 11.4 Å². The molecule has 3 aromatic rings. The van der Waals surface area contributed by atoms with E-state index in [1.165, 1.54) is 31.2 Å². The SMILES string of the molecule is [2H]C([2H])([2H])c1n(-c2ccccc2C)c(C)c2[n+]1-c1ccccc1C2(C)C1CCCC1. The Bertz CT molecular complexity index is 1140. The van der Waals surface area contributed by atoms with Crippen LogP contribution in [0.4, 0.5) is 0 Å². The zero-order valence-corrected chi connectivity index (χ0v) is 16.4. The highest BCUT2D eigenvalue weighted by molar-refractivity contribution is 5.53. The lowest BCUT2D eigenvalue weighted by Crippen LogP contribution is -2.38. The molecule has 2 aliphatic rings.